The Bertz CT molecular complexity index is 1730. The largest absolute Gasteiger partial charge is 0.493 e. The summed E-state index contributed by atoms with van der Waals surface area (Å²) >= 11 is 3.62. The maximum atomic E-state index is 12.8. The highest BCUT2D eigenvalue weighted by atomic mass is 79.9. The molecule has 0 spiro atoms. The van der Waals surface area contributed by atoms with Crippen molar-refractivity contribution < 1.29 is 23.7 Å². The number of hydrogen-bond acceptors (Lipinski definition) is 6. The third-order valence-electron chi connectivity index (χ3n) is 6.63. The molecule has 0 saturated carbocycles. The predicted octanol–water partition coefficient (Wildman–Crippen LogP) is 7.93. The van der Waals surface area contributed by atoms with Gasteiger partial charge in [-0.05, 0) is 80.6 Å². The van der Waals surface area contributed by atoms with Gasteiger partial charge >= 0.3 is 0 Å². The van der Waals surface area contributed by atoms with Gasteiger partial charge in [0.15, 0.2) is 23.0 Å². The standard InChI is InChI=1S/C35H31BrN2O5/c1-3-41-33-19-25(18-30(36)34(33)43-23-28-14-9-13-26-12-7-8-15-29(26)28)21-37-38-35(39)27-16-17-31(32(20-27)40-2)42-22-24-10-5-4-6-11-24/h4-21H,3,22-23H2,1-2H3,(H,38,39)/b37-21+. The number of halogens is 1. The highest BCUT2D eigenvalue weighted by Crippen LogP contribution is 2.37. The fourth-order valence-electron chi connectivity index (χ4n) is 4.53. The molecule has 218 valence electrons. The number of ether oxygens (including phenoxy) is 4. The van der Waals surface area contributed by atoms with Crippen molar-refractivity contribution in [2.75, 3.05) is 13.7 Å². The molecular formula is C35H31BrN2O5. The van der Waals surface area contributed by atoms with Crippen molar-refractivity contribution in [1.29, 1.82) is 0 Å². The normalized spacial score (nSPS) is 11.0. The molecule has 0 aliphatic heterocycles. The van der Waals surface area contributed by atoms with Crippen LogP contribution < -0.4 is 24.4 Å². The van der Waals surface area contributed by atoms with Gasteiger partial charge in [0.2, 0.25) is 0 Å². The number of fused-ring (bicyclic) bond motifs is 1. The van der Waals surface area contributed by atoms with E-state index < -0.39 is 0 Å². The number of carbonyl (C=O) groups is 1. The summed E-state index contributed by atoms with van der Waals surface area (Å²) < 4.78 is 24.2. The minimum atomic E-state index is -0.386. The number of hydrazone groups is 1. The van der Waals surface area contributed by atoms with Crippen LogP contribution >= 0.6 is 15.9 Å². The first kappa shape index (κ1) is 29.7. The molecule has 0 bridgehead atoms. The van der Waals surface area contributed by atoms with Crippen LogP contribution in [0.4, 0.5) is 0 Å². The van der Waals surface area contributed by atoms with Crippen molar-refractivity contribution >= 4 is 38.8 Å². The molecule has 0 heterocycles. The number of hydrogen-bond donors (Lipinski definition) is 1. The second-order valence-electron chi connectivity index (χ2n) is 9.53. The van der Waals surface area contributed by atoms with Crippen LogP contribution in [0.3, 0.4) is 0 Å². The minimum absolute atomic E-state index is 0.378. The van der Waals surface area contributed by atoms with Crippen molar-refractivity contribution in [3.05, 3.63) is 130 Å². The zero-order valence-electron chi connectivity index (χ0n) is 23.9. The summed E-state index contributed by atoms with van der Waals surface area (Å²) in [5.41, 5.74) is 5.78. The molecule has 43 heavy (non-hydrogen) atoms. The van der Waals surface area contributed by atoms with E-state index in [1.807, 2.05) is 67.6 Å². The van der Waals surface area contributed by atoms with Gasteiger partial charge < -0.3 is 18.9 Å². The fourth-order valence-corrected chi connectivity index (χ4v) is 5.10. The summed E-state index contributed by atoms with van der Waals surface area (Å²) in [7, 11) is 1.54. The van der Waals surface area contributed by atoms with Crippen molar-refractivity contribution in [1.82, 2.24) is 5.43 Å². The summed E-state index contributed by atoms with van der Waals surface area (Å²) in [4.78, 5) is 12.8. The molecule has 5 aromatic rings. The third kappa shape index (κ3) is 7.53. The molecule has 1 amide bonds. The van der Waals surface area contributed by atoms with Gasteiger partial charge in [0.05, 0.1) is 24.4 Å². The Kier molecular flexibility index (Phi) is 9.92. The van der Waals surface area contributed by atoms with Crippen molar-refractivity contribution in [3.8, 4) is 23.0 Å². The SMILES string of the molecule is CCOc1cc(/C=N/NC(=O)c2ccc(OCc3ccccc3)c(OC)c2)cc(Br)c1OCc1cccc2ccccc12. The molecule has 5 rings (SSSR count). The zero-order chi connectivity index (χ0) is 30.0. The average molecular weight is 640 g/mol. The van der Waals surface area contributed by atoms with Gasteiger partial charge in [-0.2, -0.15) is 5.10 Å². The fraction of sp³-hybridized carbons (Fsp3) is 0.143. The summed E-state index contributed by atoms with van der Waals surface area (Å²) in [6.45, 7) is 3.14. The monoisotopic (exact) mass is 638 g/mol. The van der Waals surface area contributed by atoms with Crippen molar-refractivity contribution in [2.24, 2.45) is 5.10 Å². The maximum absolute atomic E-state index is 12.8. The molecule has 7 nitrogen and oxygen atoms in total. The number of nitrogens with one attached hydrogen (secondary N) is 1. The van der Waals surface area contributed by atoms with E-state index in [4.69, 9.17) is 18.9 Å². The molecular weight excluding hydrogens is 608 g/mol. The molecule has 5 aromatic carbocycles. The second kappa shape index (κ2) is 14.4. The molecule has 1 N–H and O–H groups in total. The Hall–Kier alpha value is -4.82. The van der Waals surface area contributed by atoms with Crippen LogP contribution in [-0.2, 0) is 13.2 Å². The lowest BCUT2D eigenvalue weighted by atomic mass is 10.1. The van der Waals surface area contributed by atoms with E-state index in [9.17, 15) is 4.79 Å². The minimum Gasteiger partial charge on any atom is -0.493 e. The van der Waals surface area contributed by atoms with E-state index in [1.54, 1.807) is 24.4 Å². The molecule has 8 heteroatoms. The Labute approximate surface area is 259 Å². The summed E-state index contributed by atoms with van der Waals surface area (Å²) in [6.07, 6.45) is 1.55. The highest BCUT2D eigenvalue weighted by molar-refractivity contribution is 9.10. The summed E-state index contributed by atoms with van der Waals surface area (Å²) in [6, 6.07) is 32.9. The van der Waals surface area contributed by atoms with Gasteiger partial charge in [-0.25, -0.2) is 5.43 Å². The summed E-state index contributed by atoms with van der Waals surface area (Å²) in [5, 5.41) is 6.46. The van der Waals surface area contributed by atoms with Gasteiger partial charge in [0.1, 0.15) is 13.2 Å². The summed E-state index contributed by atoms with van der Waals surface area (Å²) in [5.74, 6) is 1.78. The van der Waals surface area contributed by atoms with Gasteiger partial charge in [0.25, 0.3) is 5.91 Å². The maximum Gasteiger partial charge on any atom is 0.271 e. The van der Waals surface area contributed by atoms with Crippen LogP contribution in [0.5, 0.6) is 23.0 Å². The van der Waals surface area contributed by atoms with Crippen molar-refractivity contribution in [2.45, 2.75) is 20.1 Å². The molecule has 0 fully saturated rings. The van der Waals surface area contributed by atoms with Crippen LogP contribution in [-0.4, -0.2) is 25.8 Å². The van der Waals surface area contributed by atoms with E-state index >= 15 is 0 Å². The first-order valence-corrected chi connectivity index (χ1v) is 14.6. The van der Waals surface area contributed by atoms with E-state index in [-0.39, 0.29) is 5.91 Å². The first-order valence-electron chi connectivity index (χ1n) is 13.8. The van der Waals surface area contributed by atoms with Crippen LogP contribution in [0.15, 0.2) is 113 Å². The number of amides is 1. The van der Waals surface area contributed by atoms with E-state index in [2.05, 4.69) is 50.7 Å². The van der Waals surface area contributed by atoms with Crippen molar-refractivity contribution in [3.63, 3.8) is 0 Å². The van der Waals surface area contributed by atoms with Crippen LogP contribution in [0.25, 0.3) is 10.8 Å². The van der Waals surface area contributed by atoms with Crippen LogP contribution in [0.1, 0.15) is 34.0 Å². The first-order chi connectivity index (χ1) is 21.1. The third-order valence-corrected chi connectivity index (χ3v) is 7.22. The average Bonchev–Trinajstić information content (AvgIpc) is 3.04. The van der Waals surface area contributed by atoms with Gasteiger partial charge in [-0.15, -0.1) is 0 Å². The number of nitrogens with zero attached hydrogens (tertiary/aromatic N) is 1. The Balaban J connectivity index is 1.25. The second-order valence-corrected chi connectivity index (χ2v) is 10.4. The molecule has 0 radical (unpaired) electrons. The lowest BCUT2D eigenvalue weighted by molar-refractivity contribution is 0.0954. The number of carbonyl (C=O) groups excluding carboxylic acids is 1. The quantitative estimate of drug-likeness (QED) is 0.111. The Morgan fingerprint density at radius 3 is 2.42 bits per heavy atom. The Morgan fingerprint density at radius 2 is 1.60 bits per heavy atom. The van der Waals surface area contributed by atoms with E-state index in [1.165, 1.54) is 7.11 Å². The lowest BCUT2D eigenvalue weighted by Crippen LogP contribution is -2.17. The molecule has 0 unspecified atom stereocenters. The van der Waals surface area contributed by atoms with Gasteiger partial charge in [-0.1, -0.05) is 72.8 Å². The molecule has 0 atom stereocenters. The lowest BCUT2D eigenvalue weighted by Gasteiger charge is -2.15. The smallest absolute Gasteiger partial charge is 0.271 e. The van der Waals surface area contributed by atoms with E-state index in [0.29, 0.717) is 52.9 Å². The predicted molar refractivity (Wildman–Crippen MR) is 172 cm³/mol. The zero-order valence-corrected chi connectivity index (χ0v) is 25.5. The van der Waals surface area contributed by atoms with Crippen LogP contribution in [0.2, 0.25) is 0 Å². The van der Waals surface area contributed by atoms with Gasteiger partial charge in [-0.3, -0.25) is 4.79 Å². The topological polar surface area (TPSA) is 78.4 Å². The van der Waals surface area contributed by atoms with E-state index in [0.717, 1.165) is 27.5 Å². The van der Waals surface area contributed by atoms with Crippen LogP contribution in [0, 0.1) is 0 Å². The highest BCUT2D eigenvalue weighted by Gasteiger charge is 2.14. The molecule has 0 aromatic heterocycles. The number of methoxy groups -OCH3 is 1. The number of benzene rings is 5. The molecule has 0 aliphatic rings. The molecule has 0 saturated heterocycles. The Morgan fingerprint density at radius 1 is 0.814 bits per heavy atom. The number of rotatable bonds is 12. The molecule has 0 aliphatic carbocycles. The van der Waals surface area contributed by atoms with Gasteiger partial charge in [0, 0.05) is 5.56 Å².